The second kappa shape index (κ2) is 8.34. The summed E-state index contributed by atoms with van der Waals surface area (Å²) in [5.74, 6) is 0.281. The van der Waals surface area contributed by atoms with Crippen LogP contribution in [0.5, 0.6) is 5.75 Å². The molecule has 2 aromatic carbocycles. The third kappa shape index (κ3) is 4.11. The minimum Gasteiger partial charge on any atom is -0.496 e. The van der Waals surface area contributed by atoms with Gasteiger partial charge in [0.15, 0.2) is 0 Å². The molecule has 0 radical (unpaired) electrons. The van der Waals surface area contributed by atoms with E-state index in [1.807, 2.05) is 48.5 Å². The molecule has 0 unspecified atom stereocenters. The van der Waals surface area contributed by atoms with E-state index in [1.54, 1.807) is 18.1 Å². The lowest BCUT2D eigenvalue weighted by Crippen LogP contribution is -2.42. The largest absolute Gasteiger partial charge is 0.496 e. The quantitative estimate of drug-likeness (QED) is 0.844. The van der Waals surface area contributed by atoms with Crippen molar-refractivity contribution in [3.05, 3.63) is 65.7 Å². The molecule has 0 bridgehead atoms. The van der Waals surface area contributed by atoms with Crippen molar-refractivity contribution in [2.75, 3.05) is 25.1 Å². The van der Waals surface area contributed by atoms with Gasteiger partial charge in [-0.1, -0.05) is 36.4 Å². The van der Waals surface area contributed by atoms with Gasteiger partial charge in [0, 0.05) is 23.9 Å². The zero-order valence-corrected chi connectivity index (χ0v) is 14.8. The van der Waals surface area contributed by atoms with E-state index < -0.39 is 0 Å². The number of amides is 2. The van der Waals surface area contributed by atoms with Crippen LogP contribution < -0.4 is 15.0 Å². The third-order valence-corrected chi connectivity index (χ3v) is 4.38. The number of hydrogen-bond donors (Lipinski definition) is 1. The number of aryl methyl sites for hydroxylation is 1. The molecule has 3 rings (SSSR count). The molecule has 0 spiro atoms. The maximum absolute atomic E-state index is 12.5. The van der Waals surface area contributed by atoms with Crippen LogP contribution in [0.3, 0.4) is 0 Å². The Bertz CT molecular complexity index is 830. The first-order valence-corrected chi connectivity index (χ1v) is 8.66. The van der Waals surface area contributed by atoms with E-state index in [0.717, 1.165) is 24.1 Å². The Morgan fingerprint density at radius 1 is 1.15 bits per heavy atom. The molecule has 26 heavy (non-hydrogen) atoms. The Hall–Kier alpha value is -3.08. The molecule has 1 aliphatic heterocycles. The van der Waals surface area contributed by atoms with E-state index >= 15 is 0 Å². The molecule has 2 aromatic rings. The van der Waals surface area contributed by atoms with Crippen LogP contribution in [0, 0.1) is 0 Å². The van der Waals surface area contributed by atoms with Gasteiger partial charge in [0.25, 0.3) is 0 Å². The number of nitrogens with zero attached hydrogens (tertiary/aromatic N) is 1. The highest BCUT2D eigenvalue weighted by atomic mass is 16.5. The molecular formula is C21H22N2O3. The van der Waals surface area contributed by atoms with Crippen molar-refractivity contribution in [3.63, 3.8) is 0 Å². The molecule has 5 nitrogen and oxygen atoms in total. The van der Waals surface area contributed by atoms with Crippen LogP contribution >= 0.6 is 0 Å². The predicted molar refractivity (Wildman–Crippen MR) is 102 cm³/mol. The smallest absolute Gasteiger partial charge is 0.246 e. The van der Waals surface area contributed by atoms with Gasteiger partial charge in [0.05, 0.1) is 13.7 Å². The Balaban J connectivity index is 1.58. The summed E-state index contributed by atoms with van der Waals surface area (Å²) in [7, 11) is 1.59. The molecule has 1 aliphatic rings. The van der Waals surface area contributed by atoms with Gasteiger partial charge in [-0.15, -0.1) is 0 Å². The van der Waals surface area contributed by atoms with Gasteiger partial charge < -0.3 is 15.0 Å². The highest BCUT2D eigenvalue weighted by Gasteiger charge is 2.21. The summed E-state index contributed by atoms with van der Waals surface area (Å²) in [6.07, 6.45) is 5.00. The molecule has 0 saturated carbocycles. The Morgan fingerprint density at radius 2 is 1.92 bits per heavy atom. The lowest BCUT2D eigenvalue weighted by molar-refractivity contribution is -0.122. The number of rotatable bonds is 5. The SMILES string of the molecule is COc1ccccc1/C=C/C(=O)NCC(=O)N1CCCc2ccccc21. The predicted octanol–water partition coefficient (Wildman–Crippen LogP) is 2.80. The molecule has 0 aromatic heterocycles. The second-order valence-electron chi connectivity index (χ2n) is 6.07. The number of methoxy groups -OCH3 is 1. The maximum atomic E-state index is 12.5. The molecular weight excluding hydrogens is 328 g/mol. The van der Waals surface area contributed by atoms with Crippen molar-refractivity contribution in [3.8, 4) is 5.75 Å². The summed E-state index contributed by atoms with van der Waals surface area (Å²) in [5, 5.41) is 2.66. The monoisotopic (exact) mass is 350 g/mol. The molecule has 0 fully saturated rings. The molecule has 1 heterocycles. The van der Waals surface area contributed by atoms with E-state index in [1.165, 1.54) is 11.6 Å². The summed E-state index contributed by atoms with van der Waals surface area (Å²) in [4.78, 5) is 26.3. The summed E-state index contributed by atoms with van der Waals surface area (Å²) < 4.78 is 5.24. The van der Waals surface area contributed by atoms with Crippen molar-refractivity contribution in [1.82, 2.24) is 5.32 Å². The van der Waals surface area contributed by atoms with Crippen LogP contribution in [0.25, 0.3) is 6.08 Å². The van der Waals surface area contributed by atoms with Crippen LogP contribution in [-0.2, 0) is 16.0 Å². The Morgan fingerprint density at radius 3 is 2.77 bits per heavy atom. The fourth-order valence-corrected chi connectivity index (χ4v) is 3.08. The average Bonchev–Trinajstić information content (AvgIpc) is 2.70. The molecule has 1 N–H and O–H groups in total. The lowest BCUT2D eigenvalue weighted by Gasteiger charge is -2.29. The van der Waals surface area contributed by atoms with E-state index in [9.17, 15) is 9.59 Å². The van der Waals surface area contributed by atoms with E-state index in [2.05, 4.69) is 5.32 Å². The Labute approximate surface area is 153 Å². The van der Waals surface area contributed by atoms with Crippen LogP contribution in [0.15, 0.2) is 54.6 Å². The number of fused-ring (bicyclic) bond motifs is 1. The number of para-hydroxylation sites is 2. The van der Waals surface area contributed by atoms with Crippen molar-refractivity contribution < 1.29 is 14.3 Å². The first-order valence-electron chi connectivity index (χ1n) is 8.66. The molecule has 0 aliphatic carbocycles. The van der Waals surface area contributed by atoms with Crippen LogP contribution in [0.2, 0.25) is 0 Å². The van der Waals surface area contributed by atoms with Gasteiger partial charge in [-0.2, -0.15) is 0 Å². The number of carbonyl (C=O) groups excluding carboxylic acids is 2. The molecule has 0 atom stereocenters. The molecule has 0 saturated heterocycles. The normalized spacial score (nSPS) is 13.3. The first-order chi connectivity index (χ1) is 12.7. The second-order valence-corrected chi connectivity index (χ2v) is 6.07. The van der Waals surface area contributed by atoms with Crippen molar-refractivity contribution in [2.45, 2.75) is 12.8 Å². The van der Waals surface area contributed by atoms with Crippen LogP contribution in [0.1, 0.15) is 17.5 Å². The molecule has 2 amide bonds. The topological polar surface area (TPSA) is 58.6 Å². The summed E-state index contributed by atoms with van der Waals surface area (Å²) in [6.45, 7) is 0.659. The van der Waals surface area contributed by atoms with E-state index in [-0.39, 0.29) is 18.4 Å². The number of hydrogen-bond acceptors (Lipinski definition) is 3. The fourth-order valence-electron chi connectivity index (χ4n) is 3.08. The number of anilines is 1. The summed E-state index contributed by atoms with van der Waals surface area (Å²) >= 11 is 0. The minimum atomic E-state index is -0.311. The van der Waals surface area contributed by atoms with E-state index in [0.29, 0.717) is 12.3 Å². The molecule has 134 valence electrons. The lowest BCUT2D eigenvalue weighted by atomic mass is 10.0. The first kappa shape index (κ1) is 17.7. The summed E-state index contributed by atoms with van der Waals surface area (Å²) in [5.41, 5.74) is 2.93. The number of benzene rings is 2. The highest BCUT2D eigenvalue weighted by Crippen LogP contribution is 2.26. The average molecular weight is 350 g/mol. The van der Waals surface area contributed by atoms with Gasteiger partial charge in [-0.05, 0) is 36.6 Å². The van der Waals surface area contributed by atoms with Gasteiger partial charge in [0.2, 0.25) is 11.8 Å². The van der Waals surface area contributed by atoms with Gasteiger partial charge >= 0.3 is 0 Å². The highest BCUT2D eigenvalue weighted by molar-refractivity contribution is 6.00. The zero-order chi connectivity index (χ0) is 18.4. The zero-order valence-electron chi connectivity index (χ0n) is 14.8. The van der Waals surface area contributed by atoms with Gasteiger partial charge in [-0.25, -0.2) is 0 Å². The van der Waals surface area contributed by atoms with E-state index in [4.69, 9.17) is 4.74 Å². The van der Waals surface area contributed by atoms with Crippen molar-refractivity contribution in [1.29, 1.82) is 0 Å². The standard InChI is InChI=1S/C21H22N2O3/c1-26-19-11-5-3-8-17(19)12-13-20(24)22-15-21(25)23-14-6-9-16-7-2-4-10-18(16)23/h2-5,7-8,10-13H,6,9,14-15H2,1H3,(H,22,24)/b13-12+. The number of nitrogens with one attached hydrogen (secondary N) is 1. The molecule has 5 heteroatoms. The maximum Gasteiger partial charge on any atom is 0.246 e. The number of ether oxygens (including phenoxy) is 1. The minimum absolute atomic E-state index is 0.0244. The number of carbonyl (C=O) groups is 2. The summed E-state index contributed by atoms with van der Waals surface area (Å²) in [6, 6.07) is 15.3. The van der Waals surface area contributed by atoms with Gasteiger partial charge in [-0.3, -0.25) is 9.59 Å². The fraction of sp³-hybridized carbons (Fsp3) is 0.238. The van der Waals surface area contributed by atoms with Crippen LogP contribution in [-0.4, -0.2) is 32.0 Å². The Kier molecular flexibility index (Phi) is 5.69. The van der Waals surface area contributed by atoms with Crippen molar-refractivity contribution >= 4 is 23.6 Å². The third-order valence-electron chi connectivity index (χ3n) is 4.38. The van der Waals surface area contributed by atoms with Gasteiger partial charge in [0.1, 0.15) is 5.75 Å². The van der Waals surface area contributed by atoms with Crippen LogP contribution in [0.4, 0.5) is 5.69 Å². The van der Waals surface area contributed by atoms with Crippen molar-refractivity contribution in [2.24, 2.45) is 0 Å².